The van der Waals surface area contributed by atoms with Crippen LogP contribution in [0.2, 0.25) is 0 Å². The highest BCUT2D eigenvalue weighted by Crippen LogP contribution is 2.28. The average Bonchev–Trinajstić information content (AvgIpc) is 2.79. The van der Waals surface area contributed by atoms with E-state index in [1.165, 1.54) is 0 Å². The molecular weight excluding hydrogens is 228 g/mol. The van der Waals surface area contributed by atoms with E-state index in [0.717, 1.165) is 30.0 Å². The van der Waals surface area contributed by atoms with Crippen molar-refractivity contribution in [2.24, 2.45) is 0 Å². The number of nitrogens with zero attached hydrogens (tertiary/aromatic N) is 1. The van der Waals surface area contributed by atoms with Crippen LogP contribution in [0.5, 0.6) is 5.75 Å². The maximum atomic E-state index is 12.0. The number of hydrogen-bond donors (Lipinski definition) is 1. The van der Waals surface area contributed by atoms with E-state index in [2.05, 4.69) is 18.3 Å². The first-order valence-electron chi connectivity index (χ1n) is 6.34. The lowest BCUT2D eigenvalue weighted by Gasteiger charge is -2.18. The summed E-state index contributed by atoms with van der Waals surface area (Å²) in [6.45, 7) is 2.83. The Morgan fingerprint density at radius 1 is 1.50 bits per heavy atom. The third kappa shape index (κ3) is 2.34. The lowest BCUT2D eigenvalue weighted by molar-refractivity contribution is -0.117. The van der Waals surface area contributed by atoms with E-state index in [9.17, 15) is 4.79 Å². The molecule has 0 saturated carbocycles. The number of anilines is 1. The number of ether oxygens (including phenoxy) is 1. The fourth-order valence-electron chi connectivity index (χ4n) is 2.36. The number of aryl methyl sites for hydroxylation is 1. The normalized spacial score (nSPS) is 19.4. The number of carbonyl (C=O) groups is 1. The molecule has 1 heterocycles. The summed E-state index contributed by atoms with van der Waals surface area (Å²) >= 11 is 0. The summed E-state index contributed by atoms with van der Waals surface area (Å²) in [5, 5.41) is 3.16. The second-order valence-electron chi connectivity index (χ2n) is 4.54. The first kappa shape index (κ1) is 12.9. The quantitative estimate of drug-likeness (QED) is 0.879. The molecule has 0 aromatic heterocycles. The van der Waals surface area contributed by atoms with Crippen LogP contribution < -0.4 is 15.0 Å². The van der Waals surface area contributed by atoms with Crippen LogP contribution in [-0.2, 0) is 11.2 Å². The summed E-state index contributed by atoms with van der Waals surface area (Å²) in [5.74, 6) is 1.07. The minimum Gasteiger partial charge on any atom is -0.496 e. The Balaban J connectivity index is 2.26. The predicted octanol–water partition coefficient (Wildman–Crippen LogP) is 1.58. The Bertz CT molecular complexity index is 445. The minimum atomic E-state index is 0.182. The number of hydrogen-bond acceptors (Lipinski definition) is 3. The Morgan fingerprint density at radius 2 is 2.28 bits per heavy atom. The number of amides is 1. The van der Waals surface area contributed by atoms with E-state index < -0.39 is 0 Å². The van der Waals surface area contributed by atoms with Crippen molar-refractivity contribution < 1.29 is 9.53 Å². The van der Waals surface area contributed by atoms with Gasteiger partial charge in [0.2, 0.25) is 5.91 Å². The van der Waals surface area contributed by atoms with Crippen molar-refractivity contribution in [3.05, 3.63) is 23.8 Å². The first-order valence-corrected chi connectivity index (χ1v) is 6.34. The molecule has 1 aliphatic rings. The van der Waals surface area contributed by atoms with Crippen LogP contribution in [-0.4, -0.2) is 32.7 Å². The molecule has 1 N–H and O–H groups in total. The summed E-state index contributed by atoms with van der Waals surface area (Å²) in [6.07, 6.45) is 1.47. The molecule has 1 amide bonds. The monoisotopic (exact) mass is 248 g/mol. The van der Waals surface area contributed by atoms with E-state index in [1.807, 2.05) is 24.1 Å². The van der Waals surface area contributed by atoms with Crippen LogP contribution in [0, 0.1) is 0 Å². The molecule has 1 aromatic carbocycles. The van der Waals surface area contributed by atoms with Gasteiger partial charge in [-0.15, -0.1) is 0 Å². The number of nitrogens with one attached hydrogen (secondary N) is 1. The molecule has 18 heavy (non-hydrogen) atoms. The third-order valence-electron chi connectivity index (χ3n) is 3.49. The highest BCUT2D eigenvalue weighted by Gasteiger charge is 2.29. The van der Waals surface area contributed by atoms with Crippen LogP contribution in [0.25, 0.3) is 0 Å². The van der Waals surface area contributed by atoms with Gasteiger partial charge >= 0.3 is 0 Å². The summed E-state index contributed by atoms with van der Waals surface area (Å²) in [6, 6.07) is 6.20. The van der Waals surface area contributed by atoms with Gasteiger partial charge in [0.15, 0.2) is 0 Å². The number of methoxy groups -OCH3 is 1. The average molecular weight is 248 g/mol. The number of likely N-dealkylation sites (N-methyl/N-ethyl adjacent to an activating group) is 1. The van der Waals surface area contributed by atoms with E-state index in [-0.39, 0.29) is 11.9 Å². The van der Waals surface area contributed by atoms with Crippen LogP contribution in [0.4, 0.5) is 5.69 Å². The number of benzene rings is 1. The smallest absolute Gasteiger partial charge is 0.228 e. The molecule has 1 saturated heterocycles. The molecule has 0 bridgehead atoms. The van der Waals surface area contributed by atoms with E-state index in [0.29, 0.717) is 6.42 Å². The van der Waals surface area contributed by atoms with Crippen LogP contribution in [0.1, 0.15) is 18.9 Å². The predicted molar refractivity (Wildman–Crippen MR) is 72.2 cm³/mol. The van der Waals surface area contributed by atoms with Crippen molar-refractivity contribution in [1.29, 1.82) is 0 Å². The molecule has 98 valence electrons. The Kier molecular flexibility index (Phi) is 3.87. The van der Waals surface area contributed by atoms with Crippen molar-refractivity contribution >= 4 is 11.6 Å². The zero-order chi connectivity index (χ0) is 13.1. The fraction of sp³-hybridized carbons (Fsp3) is 0.500. The van der Waals surface area contributed by atoms with Crippen molar-refractivity contribution in [3.8, 4) is 5.75 Å². The summed E-state index contributed by atoms with van der Waals surface area (Å²) in [7, 11) is 3.57. The second-order valence-corrected chi connectivity index (χ2v) is 4.54. The summed E-state index contributed by atoms with van der Waals surface area (Å²) in [4.78, 5) is 13.8. The standard InChI is InChI=1S/C14H20N2O2/c1-4-10-7-12(5-6-13(10)18-3)16-9-11(15-2)8-14(16)17/h5-7,11,15H,4,8-9H2,1-3H3. The number of rotatable bonds is 4. The van der Waals surface area contributed by atoms with Crippen molar-refractivity contribution in [1.82, 2.24) is 5.32 Å². The van der Waals surface area contributed by atoms with Gasteiger partial charge in [-0.05, 0) is 37.2 Å². The lowest BCUT2D eigenvalue weighted by atomic mass is 10.1. The molecule has 4 nitrogen and oxygen atoms in total. The van der Waals surface area contributed by atoms with Gasteiger partial charge in [-0.3, -0.25) is 4.79 Å². The van der Waals surface area contributed by atoms with Gasteiger partial charge < -0.3 is 15.0 Å². The van der Waals surface area contributed by atoms with Crippen molar-refractivity contribution in [2.45, 2.75) is 25.8 Å². The second kappa shape index (κ2) is 5.40. The Labute approximate surface area is 108 Å². The van der Waals surface area contributed by atoms with Gasteiger partial charge in [-0.25, -0.2) is 0 Å². The minimum absolute atomic E-state index is 0.182. The van der Waals surface area contributed by atoms with E-state index in [4.69, 9.17) is 4.74 Å². The van der Waals surface area contributed by atoms with Crippen molar-refractivity contribution in [3.63, 3.8) is 0 Å². The third-order valence-corrected chi connectivity index (χ3v) is 3.49. The molecule has 0 aliphatic carbocycles. The molecular formula is C14H20N2O2. The van der Waals surface area contributed by atoms with Gasteiger partial charge in [0.25, 0.3) is 0 Å². The molecule has 1 fully saturated rings. The van der Waals surface area contributed by atoms with Crippen LogP contribution >= 0.6 is 0 Å². The zero-order valence-corrected chi connectivity index (χ0v) is 11.2. The molecule has 1 aromatic rings. The maximum absolute atomic E-state index is 12.0. The van der Waals surface area contributed by atoms with Crippen LogP contribution in [0.3, 0.4) is 0 Å². The molecule has 4 heteroatoms. The van der Waals surface area contributed by atoms with Crippen molar-refractivity contribution in [2.75, 3.05) is 25.6 Å². The molecule has 0 spiro atoms. The molecule has 2 rings (SSSR count). The molecule has 1 atom stereocenters. The molecule has 1 aliphatic heterocycles. The van der Waals surface area contributed by atoms with Gasteiger partial charge in [0.1, 0.15) is 5.75 Å². The zero-order valence-electron chi connectivity index (χ0n) is 11.2. The van der Waals surface area contributed by atoms with Gasteiger partial charge in [0, 0.05) is 24.7 Å². The maximum Gasteiger partial charge on any atom is 0.228 e. The van der Waals surface area contributed by atoms with Gasteiger partial charge in [-0.1, -0.05) is 6.92 Å². The largest absolute Gasteiger partial charge is 0.496 e. The van der Waals surface area contributed by atoms with Crippen LogP contribution in [0.15, 0.2) is 18.2 Å². The highest BCUT2D eigenvalue weighted by molar-refractivity contribution is 5.96. The summed E-state index contributed by atoms with van der Waals surface area (Å²) < 4.78 is 5.31. The number of carbonyl (C=O) groups excluding carboxylic acids is 1. The Hall–Kier alpha value is -1.55. The van der Waals surface area contributed by atoms with E-state index >= 15 is 0 Å². The Morgan fingerprint density at radius 3 is 2.83 bits per heavy atom. The highest BCUT2D eigenvalue weighted by atomic mass is 16.5. The lowest BCUT2D eigenvalue weighted by Crippen LogP contribution is -2.30. The fourth-order valence-corrected chi connectivity index (χ4v) is 2.36. The van der Waals surface area contributed by atoms with Gasteiger partial charge in [-0.2, -0.15) is 0 Å². The molecule has 0 radical (unpaired) electrons. The van der Waals surface area contributed by atoms with E-state index in [1.54, 1.807) is 7.11 Å². The molecule has 1 unspecified atom stereocenters. The van der Waals surface area contributed by atoms with Gasteiger partial charge in [0.05, 0.1) is 7.11 Å². The topological polar surface area (TPSA) is 41.6 Å². The SMILES string of the molecule is CCc1cc(N2CC(NC)CC2=O)ccc1OC. The first-order chi connectivity index (χ1) is 8.69. The summed E-state index contributed by atoms with van der Waals surface area (Å²) in [5.41, 5.74) is 2.10.